The smallest absolute Gasteiger partial charge is 0.212 e. The summed E-state index contributed by atoms with van der Waals surface area (Å²) in [5.41, 5.74) is 1.39. The van der Waals surface area contributed by atoms with Crippen LogP contribution in [0.1, 0.15) is 67.4 Å². The number of fused-ring (bicyclic) bond motifs is 3. The molecule has 3 heterocycles. The monoisotopic (exact) mass is 276 g/mol. The van der Waals surface area contributed by atoms with Gasteiger partial charge in [-0.2, -0.15) is 5.10 Å². The van der Waals surface area contributed by atoms with Gasteiger partial charge in [-0.05, 0) is 19.8 Å². The highest BCUT2D eigenvalue weighted by atomic mass is 32.1. The van der Waals surface area contributed by atoms with Crippen molar-refractivity contribution in [2.45, 2.75) is 57.4 Å². The second kappa shape index (κ2) is 4.56. The van der Waals surface area contributed by atoms with Crippen molar-refractivity contribution in [1.29, 1.82) is 0 Å². The molecule has 5 heteroatoms. The van der Waals surface area contributed by atoms with Gasteiger partial charge in [0.2, 0.25) is 4.96 Å². The van der Waals surface area contributed by atoms with Crippen LogP contribution in [-0.4, -0.2) is 21.1 Å². The minimum atomic E-state index is 0.454. The third-order valence-electron chi connectivity index (χ3n) is 4.51. The van der Waals surface area contributed by atoms with Gasteiger partial charge in [0.25, 0.3) is 0 Å². The van der Waals surface area contributed by atoms with E-state index in [1.807, 2.05) is 11.3 Å². The Hall–Kier alpha value is -0.940. The predicted molar refractivity (Wildman–Crippen MR) is 76.8 cm³/mol. The molecule has 102 valence electrons. The van der Waals surface area contributed by atoms with Crippen molar-refractivity contribution in [2.75, 3.05) is 6.54 Å². The van der Waals surface area contributed by atoms with Crippen LogP contribution < -0.4 is 5.32 Å². The Labute approximate surface area is 117 Å². The summed E-state index contributed by atoms with van der Waals surface area (Å²) < 4.78 is 2.13. The van der Waals surface area contributed by atoms with Crippen LogP contribution in [0.15, 0.2) is 0 Å². The number of hydrogen-bond donors (Lipinski definition) is 1. The number of nitrogens with zero attached hydrogens (tertiary/aromatic N) is 3. The average molecular weight is 276 g/mol. The van der Waals surface area contributed by atoms with Crippen LogP contribution >= 0.6 is 11.3 Å². The number of thiazole rings is 1. The van der Waals surface area contributed by atoms with Crippen LogP contribution in [0.3, 0.4) is 0 Å². The Morgan fingerprint density at radius 2 is 2.11 bits per heavy atom. The second-order valence-electron chi connectivity index (χ2n) is 5.84. The summed E-state index contributed by atoms with van der Waals surface area (Å²) in [6.45, 7) is 3.29. The first-order valence-corrected chi connectivity index (χ1v) is 8.26. The lowest BCUT2D eigenvalue weighted by Gasteiger charge is -2.20. The summed E-state index contributed by atoms with van der Waals surface area (Å²) in [6.07, 6.45) is 7.70. The van der Waals surface area contributed by atoms with Gasteiger partial charge in [0.05, 0.1) is 5.69 Å². The summed E-state index contributed by atoms with van der Waals surface area (Å²) in [5, 5.41) is 8.34. The first-order valence-electron chi connectivity index (χ1n) is 7.44. The summed E-state index contributed by atoms with van der Waals surface area (Å²) in [6, 6.07) is 0.454. The van der Waals surface area contributed by atoms with Gasteiger partial charge in [0.1, 0.15) is 0 Å². The normalized spacial score (nSPS) is 24.8. The van der Waals surface area contributed by atoms with Crippen LogP contribution in [0.25, 0.3) is 4.96 Å². The van der Waals surface area contributed by atoms with Crippen molar-refractivity contribution >= 4 is 16.3 Å². The van der Waals surface area contributed by atoms with E-state index < -0.39 is 0 Å². The fraction of sp³-hybridized carbons (Fsp3) is 0.714. The molecule has 4 rings (SSSR count). The van der Waals surface area contributed by atoms with Gasteiger partial charge in [-0.1, -0.05) is 30.6 Å². The van der Waals surface area contributed by atoms with E-state index in [0.717, 1.165) is 23.8 Å². The molecule has 1 saturated carbocycles. The van der Waals surface area contributed by atoms with E-state index in [2.05, 4.69) is 16.8 Å². The standard InChI is InChI=1S/C14H20N4S/c1-9-12-11(7-8-15-9)18-14(19-12)16-13(17-18)10-5-3-2-4-6-10/h9-10,15H,2-8H2,1H3. The molecule has 0 radical (unpaired) electrons. The van der Waals surface area contributed by atoms with Gasteiger partial charge in [0, 0.05) is 29.8 Å². The van der Waals surface area contributed by atoms with Gasteiger partial charge in [-0.3, -0.25) is 0 Å². The van der Waals surface area contributed by atoms with E-state index >= 15 is 0 Å². The summed E-state index contributed by atoms with van der Waals surface area (Å²) in [5.74, 6) is 1.70. The maximum atomic E-state index is 4.83. The van der Waals surface area contributed by atoms with Gasteiger partial charge < -0.3 is 5.32 Å². The number of aromatic nitrogens is 3. The third kappa shape index (κ3) is 1.91. The van der Waals surface area contributed by atoms with Crippen molar-refractivity contribution in [3.8, 4) is 0 Å². The molecule has 0 saturated heterocycles. The molecule has 4 nitrogen and oxygen atoms in total. The topological polar surface area (TPSA) is 42.2 Å². The molecule has 0 aromatic carbocycles. The molecule has 0 bridgehead atoms. The molecular weight excluding hydrogens is 256 g/mol. The summed E-state index contributed by atoms with van der Waals surface area (Å²) >= 11 is 1.82. The van der Waals surface area contributed by atoms with Gasteiger partial charge in [-0.15, -0.1) is 0 Å². The number of hydrogen-bond acceptors (Lipinski definition) is 4. The highest BCUT2D eigenvalue weighted by Gasteiger charge is 2.26. The zero-order chi connectivity index (χ0) is 12.8. The van der Waals surface area contributed by atoms with E-state index in [1.165, 1.54) is 42.7 Å². The average Bonchev–Trinajstić information content (AvgIpc) is 2.99. The van der Waals surface area contributed by atoms with E-state index in [9.17, 15) is 0 Å². The van der Waals surface area contributed by atoms with Crippen LogP contribution in [-0.2, 0) is 6.42 Å². The van der Waals surface area contributed by atoms with Crippen LogP contribution in [0.2, 0.25) is 0 Å². The molecule has 1 aliphatic carbocycles. The molecule has 1 fully saturated rings. The molecule has 0 amide bonds. The summed E-state index contributed by atoms with van der Waals surface area (Å²) in [7, 11) is 0. The fourth-order valence-electron chi connectivity index (χ4n) is 3.42. The first kappa shape index (κ1) is 11.9. The minimum absolute atomic E-state index is 0.454. The van der Waals surface area contributed by atoms with Crippen LogP contribution in [0.5, 0.6) is 0 Å². The predicted octanol–water partition coefficient (Wildman–Crippen LogP) is 3.05. The Kier molecular flexibility index (Phi) is 2.84. The Morgan fingerprint density at radius 3 is 2.95 bits per heavy atom. The quantitative estimate of drug-likeness (QED) is 0.870. The Morgan fingerprint density at radius 1 is 1.26 bits per heavy atom. The lowest BCUT2D eigenvalue weighted by Crippen LogP contribution is -2.27. The van der Waals surface area contributed by atoms with Gasteiger partial charge in [-0.25, -0.2) is 9.50 Å². The van der Waals surface area contributed by atoms with Gasteiger partial charge in [0.15, 0.2) is 5.82 Å². The lowest BCUT2D eigenvalue weighted by atomic mass is 9.89. The molecule has 2 aromatic heterocycles. The highest BCUT2D eigenvalue weighted by Crippen LogP contribution is 2.34. The van der Waals surface area contributed by atoms with E-state index in [1.54, 1.807) is 0 Å². The van der Waals surface area contributed by atoms with Gasteiger partial charge >= 0.3 is 0 Å². The van der Waals surface area contributed by atoms with Crippen molar-refractivity contribution in [3.63, 3.8) is 0 Å². The molecule has 1 N–H and O–H groups in total. The summed E-state index contributed by atoms with van der Waals surface area (Å²) in [4.78, 5) is 7.34. The molecule has 1 atom stereocenters. The third-order valence-corrected chi connectivity index (χ3v) is 5.77. The SMILES string of the molecule is CC1NCCc2c1sc1nc(C3CCCCC3)nn21. The minimum Gasteiger partial charge on any atom is -0.309 e. The van der Waals surface area contributed by atoms with Crippen molar-refractivity contribution in [3.05, 3.63) is 16.4 Å². The molecular formula is C14H20N4S. The molecule has 1 aliphatic heterocycles. The molecule has 1 unspecified atom stereocenters. The van der Waals surface area contributed by atoms with E-state index in [-0.39, 0.29) is 0 Å². The van der Waals surface area contributed by atoms with Crippen LogP contribution in [0.4, 0.5) is 0 Å². The maximum Gasteiger partial charge on any atom is 0.212 e. The number of rotatable bonds is 1. The molecule has 2 aromatic rings. The molecule has 2 aliphatic rings. The van der Waals surface area contributed by atoms with E-state index in [4.69, 9.17) is 10.1 Å². The van der Waals surface area contributed by atoms with E-state index in [0.29, 0.717) is 12.0 Å². The second-order valence-corrected chi connectivity index (χ2v) is 6.85. The number of nitrogens with one attached hydrogen (secondary N) is 1. The highest BCUT2D eigenvalue weighted by molar-refractivity contribution is 7.17. The fourth-order valence-corrected chi connectivity index (χ4v) is 4.56. The lowest BCUT2D eigenvalue weighted by molar-refractivity contribution is 0.428. The molecule has 0 spiro atoms. The van der Waals surface area contributed by atoms with Crippen LogP contribution in [0, 0.1) is 0 Å². The zero-order valence-electron chi connectivity index (χ0n) is 11.4. The van der Waals surface area contributed by atoms with Crippen molar-refractivity contribution in [1.82, 2.24) is 19.9 Å². The maximum absolute atomic E-state index is 4.83. The van der Waals surface area contributed by atoms with Crippen molar-refractivity contribution < 1.29 is 0 Å². The Balaban J connectivity index is 1.74. The largest absolute Gasteiger partial charge is 0.309 e. The first-order chi connectivity index (χ1) is 9.33. The van der Waals surface area contributed by atoms with Crippen molar-refractivity contribution in [2.24, 2.45) is 0 Å². The Bertz CT molecular complexity index is 594. The zero-order valence-corrected chi connectivity index (χ0v) is 12.2. The molecule has 19 heavy (non-hydrogen) atoms.